The van der Waals surface area contributed by atoms with Gasteiger partial charge < -0.3 is 14.4 Å². The maximum absolute atomic E-state index is 12.5. The van der Waals surface area contributed by atoms with Gasteiger partial charge in [0.15, 0.2) is 6.61 Å². The van der Waals surface area contributed by atoms with Gasteiger partial charge in [-0.15, -0.1) is 0 Å². The molecule has 1 saturated carbocycles. The highest BCUT2D eigenvalue weighted by atomic mass is 79.9. The predicted octanol–water partition coefficient (Wildman–Crippen LogP) is 3.35. The predicted molar refractivity (Wildman–Crippen MR) is 83.1 cm³/mol. The summed E-state index contributed by atoms with van der Waals surface area (Å²) in [6.07, 6.45) is 5.42. The Labute approximate surface area is 133 Å². The summed E-state index contributed by atoms with van der Waals surface area (Å²) in [5, 5.41) is 0. The summed E-state index contributed by atoms with van der Waals surface area (Å²) in [4.78, 5) is 14.4. The number of nitrogens with zero attached hydrogens (tertiary/aromatic N) is 1. The third-order valence-corrected chi connectivity index (χ3v) is 4.82. The van der Waals surface area contributed by atoms with Crippen LogP contribution in [0.2, 0.25) is 0 Å². The van der Waals surface area contributed by atoms with Crippen LogP contribution < -0.4 is 4.74 Å². The first-order chi connectivity index (χ1) is 10.2. The van der Waals surface area contributed by atoms with Crippen LogP contribution in [0.15, 0.2) is 28.7 Å². The van der Waals surface area contributed by atoms with E-state index in [-0.39, 0.29) is 18.2 Å². The molecule has 1 saturated heterocycles. The average molecular weight is 354 g/mol. The maximum atomic E-state index is 12.5. The van der Waals surface area contributed by atoms with Crippen molar-refractivity contribution >= 4 is 21.8 Å². The van der Waals surface area contributed by atoms with E-state index < -0.39 is 0 Å². The van der Waals surface area contributed by atoms with Gasteiger partial charge in [-0.3, -0.25) is 4.79 Å². The number of ether oxygens (including phenoxy) is 2. The van der Waals surface area contributed by atoms with E-state index in [9.17, 15) is 4.79 Å². The van der Waals surface area contributed by atoms with E-state index in [0.29, 0.717) is 18.9 Å². The third-order valence-electron chi connectivity index (χ3n) is 4.29. The van der Waals surface area contributed by atoms with Gasteiger partial charge in [0.05, 0.1) is 6.61 Å². The molecule has 1 aromatic rings. The average Bonchev–Trinajstić information content (AvgIpc) is 2.90. The first-order valence-electron chi connectivity index (χ1n) is 7.52. The zero-order valence-corrected chi connectivity index (χ0v) is 13.6. The molecule has 1 heterocycles. The van der Waals surface area contributed by atoms with Gasteiger partial charge in [0.25, 0.3) is 5.91 Å². The van der Waals surface area contributed by atoms with Crippen molar-refractivity contribution in [2.24, 2.45) is 0 Å². The molecule has 0 atom stereocenters. The third kappa shape index (κ3) is 3.24. The molecule has 2 fully saturated rings. The quantitative estimate of drug-likeness (QED) is 0.836. The second kappa shape index (κ2) is 6.36. The molecular weight excluding hydrogens is 334 g/mol. The minimum absolute atomic E-state index is 0.0253. The van der Waals surface area contributed by atoms with Crippen molar-refractivity contribution in [2.45, 2.75) is 37.8 Å². The molecule has 1 aliphatic heterocycles. The lowest BCUT2D eigenvalue weighted by atomic mass is 9.90. The molecule has 0 unspecified atom stereocenters. The Morgan fingerprint density at radius 3 is 2.67 bits per heavy atom. The van der Waals surface area contributed by atoms with Crippen molar-refractivity contribution in [3.8, 4) is 5.75 Å². The van der Waals surface area contributed by atoms with E-state index in [4.69, 9.17) is 9.47 Å². The maximum Gasteiger partial charge on any atom is 0.262 e. The Hall–Kier alpha value is -1.07. The lowest BCUT2D eigenvalue weighted by Gasteiger charge is -2.39. The second-order valence-electron chi connectivity index (χ2n) is 5.64. The van der Waals surface area contributed by atoms with E-state index in [2.05, 4.69) is 15.9 Å². The summed E-state index contributed by atoms with van der Waals surface area (Å²) in [5.41, 5.74) is -0.349. The van der Waals surface area contributed by atoms with Crippen LogP contribution in [0.1, 0.15) is 32.1 Å². The number of carbonyl (C=O) groups excluding carboxylic acids is 1. The topological polar surface area (TPSA) is 38.8 Å². The lowest BCUT2D eigenvalue weighted by molar-refractivity contribution is -0.157. The largest absolute Gasteiger partial charge is 0.484 e. The van der Waals surface area contributed by atoms with E-state index in [1.807, 2.05) is 29.2 Å². The zero-order valence-electron chi connectivity index (χ0n) is 12.0. The number of benzene rings is 1. The van der Waals surface area contributed by atoms with Gasteiger partial charge in [-0.1, -0.05) is 22.4 Å². The SMILES string of the molecule is O=C(COc1ccc(Br)cc1)N1CCOC12CCCCC2. The molecule has 1 aromatic carbocycles. The summed E-state index contributed by atoms with van der Waals surface area (Å²) >= 11 is 3.38. The molecule has 1 aliphatic carbocycles. The molecule has 5 heteroatoms. The molecule has 0 radical (unpaired) electrons. The smallest absolute Gasteiger partial charge is 0.262 e. The van der Waals surface area contributed by atoms with Crippen LogP contribution in [0.5, 0.6) is 5.75 Å². The Morgan fingerprint density at radius 1 is 1.24 bits per heavy atom. The molecule has 1 spiro atoms. The van der Waals surface area contributed by atoms with Crippen LogP contribution in [-0.4, -0.2) is 36.3 Å². The molecule has 1 amide bonds. The monoisotopic (exact) mass is 353 g/mol. The minimum atomic E-state index is -0.349. The molecule has 0 bridgehead atoms. The molecule has 2 aliphatic rings. The van der Waals surface area contributed by atoms with Gasteiger partial charge >= 0.3 is 0 Å². The summed E-state index contributed by atoms with van der Waals surface area (Å²) in [7, 11) is 0. The van der Waals surface area contributed by atoms with E-state index in [1.54, 1.807) is 0 Å². The summed E-state index contributed by atoms with van der Waals surface area (Å²) < 4.78 is 12.5. The minimum Gasteiger partial charge on any atom is -0.484 e. The van der Waals surface area contributed by atoms with Crippen LogP contribution >= 0.6 is 15.9 Å². The highest BCUT2D eigenvalue weighted by molar-refractivity contribution is 9.10. The van der Waals surface area contributed by atoms with Crippen molar-refractivity contribution in [1.82, 2.24) is 4.90 Å². The fourth-order valence-corrected chi connectivity index (χ4v) is 3.50. The van der Waals surface area contributed by atoms with Crippen LogP contribution in [0.4, 0.5) is 0 Å². The molecule has 114 valence electrons. The first-order valence-corrected chi connectivity index (χ1v) is 8.32. The van der Waals surface area contributed by atoms with Gasteiger partial charge in [0, 0.05) is 11.0 Å². The number of rotatable bonds is 3. The zero-order chi connectivity index (χ0) is 14.7. The summed E-state index contributed by atoms with van der Waals surface area (Å²) in [5.74, 6) is 0.738. The van der Waals surface area contributed by atoms with Gasteiger partial charge in [-0.2, -0.15) is 0 Å². The molecule has 21 heavy (non-hydrogen) atoms. The summed E-state index contributed by atoms with van der Waals surface area (Å²) in [6.45, 7) is 1.40. The normalized spacial score (nSPS) is 20.7. The van der Waals surface area contributed by atoms with E-state index >= 15 is 0 Å². The Bertz CT molecular complexity index is 497. The van der Waals surface area contributed by atoms with Crippen molar-refractivity contribution in [1.29, 1.82) is 0 Å². The van der Waals surface area contributed by atoms with Crippen LogP contribution in [0, 0.1) is 0 Å². The molecule has 0 aromatic heterocycles. The van der Waals surface area contributed by atoms with Crippen molar-refractivity contribution in [3.63, 3.8) is 0 Å². The number of hydrogen-bond acceptors (Lipinski definition) is 3. The summed E-state index contributed by atoms with van der Waals surface area (Å²) in [6, 6.07) is 7.52. The van der Waals surface area contributed by atoms with Crippen LogP contribution in [-0.2, 0) is 9.53 Å². The molecular formula is C16H20BrNO3. The van der Waals surface area contributed by atoms with Crippen LogP contribution in [0.25, 0.3) is 0 Å². The molecule has 0 N–H and O–H groups in total. The number of carbonyl (C=O) groups is 1. The van der Waals surface area contributed by atoms with Gasteiger partial charge in [0.1, 0.15) is 11.5 Å². The van der Waals surface area contributed by atoms with Crippen molar-refractivity contribution in [2.75, 3.05) is 19.8 Å². The number of hydrogen-bond donors (Lipinski definition) is 0. The van der Waals surface area contributed by atoms with Gasteiger partial charge in [-0.25, -0.2) is 0 Å². The molecule has 3 rings (SSSR count). The van der Waals surface area contributed by atoms with Crippen molar-refractivity contribution in [3.05, 3.63) is 28.7 Å². The first kappa shape index (κ1) is 14.9. The Balaban J connectivity index is 1.60. The fourth-order valence-electron chi connectivity index (χ4n) is 3.23. The molecule has 4 nitrogen and oxygen atoms in total. The van der Waals surface area contributed by atoms with Gasteiger partial charge in [-0.05, 0) is 49.9 Å². The highest BCUT2D eigenvalue weighted by Gasteiger charge is 2.45. The fraction of sp³-hybridized carbons (Fsp3) is 0.562. The number of amides is 1. The number of halogens is 1. The second-order valence-corrected chi connectivity index (χ2v) is 6.56. The Kier molecular flexibility index (Phi) is 4.50. The highest BCUT2D eigenvalue weighted by Crippen LogP contribution is 2.37. The standard InChI is InChI=1S/C16H20BrNO3/c17-13-4-6-14(7-5-13)20-12-15(19)18-10-11-21-16(18)8-2-1-3-9-16/h4-7H,1-3,8-12H2. The van der Waals surface area contributed by atoms with Gasteiger partial charge in [0.2, 0.25) is 0 Å². The van der Waals surface area contributed by atoms with E-state index in [1.165, 1.54) is 6.42 Å². The Morgan fingerprint density at radius 2 is 1.95 bits per heavy atom. The van der Waals surface area contributed by atoms with Crippen LogP contribution in [0.3, 0.4) is 0 Å². The van der Waals surface area contributed by atoms with E-state index in [0.717, 1.165) is 30.2 Å². The van der Waals surface area contributed by atoms with Crippen molar-refractivity contribution < 1.29 is 14.3 Å². The lowest BCUT2D eigenvalue weighted by Crippen LogP contribution is -2.50.